The number of nitrogens with zero attached hydrogens (tertiary/aromatic N) is 3. The molecule has 2 aliphatic heterocycles. The van der Waals surface area contributed by atoms with Crippen LogP contribution in [0, 0.1) is 5.92 Å². The van der Waals surface area contributed by atoms with Gasteiger partial charge in [-0.15, -0.1) is 0 Å². The number of anilines is 1. The highest BCUT2D eigenvalue weighted by molar-refractivity contribution is 6.36. The smallest absolute Gasteiger partial charge is 0.119 e. The number of allylic oxidation sites excluding steroid dienone is 1. The zero-order chi connectivity index (χ0) is 19.8. The molecule has 0 spiro atoms. The van der Waals surface area contributed by atoms with Crippen LogP contribution in [-0.4, -0.2) is 24.7 Å². The van der Waals surface area contributed by atoms with E-state index in [2.05, 4.69) is 33.2 Å². The first kappa shape index (κ1) is 18.5. The molecule has 0 bridgehead atoms. The number of nitrogens with one attached hydrogen (secondary N) is 1. The van der Waals surface area contributed by atoms with Crippen LogP contribution >= 0.6 is 11.6 Å². The minimum Gasteiger partial charge on any atom is -0.490 e. The lowest BCUT2D eigenvalue weighted by atomic mass is 9.81. The molecule has 3 aliphatic rings. The van der Waals surface area contributed by atoms with E-state index in [4.69, 9.17) is 16.3 Å². The van der Waals surface area contributed by atoms with Gasteiger partial charge in [-0.1, -0.05) is 29.8 Å². The Kier molecular flexibility index (Phi) is 4.92. The Bertz CT molecular complexity index is 1080. The molecule has 6 heteroatoms. The van der Waals surface area contributed by atoms with Gasteiger partial charge in [0.15, 0.2) is 0 Å². The van der Waals surface area contributed by atoms with Crippen molar-refractivity contribution in [1.82, 2.24) is 4.98 Å². The Hall–Kier alpha value is -2.53. The molecular weight excluding hydrogens is 384 g/mol. The summed E-state index contributed by atoms with van der Waals surface area (Å²) >= 11 is 6.83. The fourth-order valence-electron chi connectivity index (χ4n) is 4.74. The summed E-state index contributed by atoms with van der Waals surface area (Å²) in [6, 6.07) is 10.1. The normalized spacial score (nSPS) is 23.6. The maximum atomic E-state index is 6.83. The maximum absolute atomic E-state index is 6.83. The van der Waals surface area contributed by atoms with Crippen molar-refractivity contribution in [2.45, 2.75) is 38.3 Å². The number of fused-ring (bicyclic) bond motifs is 3. The number of aromatic amines is 1. The summed E-state index contributed by atoms with van der Waals surface area (Å²) < 4.78 is 6.19. The first-order chi connectivity index (χ1) is 14.2. The Balaban J connectivity index is 1.46. The summed E-state index contributed by atoms with van der Waals surface area (Å²) in [6.07, 6.45) is 8.45. The molecule has 29 heavy (non-hydrogen) atoms. The van der Waals surface area contributed by atoms with E-state index < -0.39 is 0 Å². The van der Waals surface area contributed by atoms with E-state index in [1.807, 2.05) is 36.5 Å². The number of benzene rings is 1. The second-order valence-corrected chi connectivity index (χ2v) is 8.44. The summed E-state index contributed by atoms with van der Waals surface area (Å²) in [7, 11) is 2.12. The standard InChI is InChI=1S/C23H25ClN4O/c1-28-12-11-19(24)21(22-23(28)18-13-25-26-14-20(18)27-22)15-7-9-17(10-8-15)29-16-5-3-2-4-6-16/h2-6,11,14-15,17,27H,7-10,12-13H2,1H3. The summed E-state index contributed by atoms with van der Waals surface area (Å²) in [5, 5.41) is 11.4. The molecule has 0 amide bonds. The molecule has 0 radical (unpaired) electrons. The quantitative estimate of drug-likeness (QED) is 0.831. The van der Waals surface area contributed by atoms with Gasteiger partial charge in [-0.3, -0.25) is 0 Å². The third-order valence-electron chi connectivity index (χ3n) is 6.19. The zero-order valence-corrected chi connectivity index (χ0v) is 17.3. The second-order valence-electron chi connectivity index (χ2n) is 8.04. The van der Waals surface area contributed by atoms with Gasteiger partial charge in [0.2, 0.25) is 0 Å². The molecule has 5 rings (SSSR count). The van der Waals surface area contributed by atoms with Gasteiger partial charge in [-0.05, 0) is 55.4 Å². The number of H-pyrrole nitrogens is 1. The molecule has 1 aromatic heterocycles. The van der Waals surface area contributed by atoms with Crippen LogP contribution < -0.4 is 20.3 Å². The molecule has 5 nitrogen and oxygen atoms in total. The van der Waals surface area contributed by atoms with Crippen LogP contribution in [0.5, 0.6) is 5.75 Å². The number of hydrogen-bond acceptors (Lipinski definition) is 4. The number of hydrogen-bond donors (Lipinski definition) is 1. The Morgan fingerprint density at radius 1 is 1.14 bits per heavy atom. The molecule has 1 N–H and O–H groups in total. The molecule has 1 aliphatic carbocycles. The Labute approximate surface area is 175 Å². The monoisotopic (exact) mass is 408 g/mol. The van der Waals surface area contributed by atoms with Gasteiger partial charge in [0.05, 0.1) is 35.2 Å². The van der Waals surface area contributed by atoms with Crippen molar-refractivity contribution >= 4 is 29.1 Å². The predicted octanol–water partition coefficient (Wildman–Crippen LogP) is 4.08. The fourth-order valence-corrected chi connectivity index (χ4v) is 5.06. The number of ether oxygens (including phenoxy) is 1. The van der Waals surface area contributed by atoms with Crippen LogP contribution in [0.25, 0.3) is 11.8 Å². The third kappa shape index (κ3) is 3.48. The molecule has 2 aromatic rings. The fraction of sp³-hybridized carbons (Fsp3) is 0.391. The van der Waals surface area contributed by atoms with Crippen LogP contribution in [-0.2, 0) is 6.54 Å². The predicted molar refractivity (Wildman–Crippen MR) is 116 cm³/mol. The van der Waals surface area contributed by atoms with Crippen LogP contribution in [0.2, 0.25) is 0 Å². The zero-order valence-electron chi connectivity index (χ0n) is 16.6. The van der Waals surface area contributed by atoms with Crippen molar-refractivity contribution in [3.63, 3.8) is 0 Å². The van der Waals surface area contributed by atoms with Gasteiger partial charge in [-0.25, -0.2) is 0 Å². The van der Waals surface area contributed by atoms with Crippen molar-refractivity contribution in [2.75, 3.05) is 18.5 Å². The van der Waals surface area contributed by atoms with Gasteiger partial charge in [0.25, 0.3) is 0 Å². The lowest BCUT2D eigenvalue weighted by Gasteiger charge is -2.30. The molecule has 1 fully saturated rings. The van der Waals surface area contributed by atoms with Crippen molar-refractivity contribution in [3.05, 3.63) is 57.7 Å². The highest BCUT2D eigenvalue weighted by Gasteiger charge is 2.30. The number of aromatic nitrogens is 1. The van der Waals surface area contributed by atoms with E-state index >= 15 is 0 Å². The Morgan fingerprint density at radius 3 is 2.72 bits per heavy atom. The van der Waals surface area contributed by atoms with Crippen molar-refractivity contribution in [3.8, 4) is 5.75 Å². The van der Waals surface area contributed by atoms with Gasteiger partial charge in [-0.2, -0.15) is 10.2 Å². The molecule has 1 saturated carbocycles. The van der Waals surface area contributed by atoms with E-state index in [1.165, 1.54) is 16.8 Å². The van der Waals surface area contributed by atoms with Gasteiger partial charge < -0.3 is 14.6 Å². The minimum absolute atomic E-state index is 0.271. The van der Waals surface area contributed by atoms with Gasteiger partial charge in [0, 0.05) is 24.2 Å². The SMILES string of the molecule is CN1CC=C(Cl)C(C2CCC(Oc3ccccc3)CC2)=c2[nH]c3c(c21)CN=NC=3. The van der Waals surface area contributed by atoms with Crippen LogP contribution in [0.4, 0.5) is 5.69 Å². The van der Waals surface area contributed by atoms with Gasteiger partial charge >= 0.3 is 0 Å². The highest BCUT2D eigenvalue weighted by atomic mass is 35.5. The minimum atomic E-state index is 0.271. The Morgan fingerprint density at radius 2 is 1.93 bits per heavy atom. The number of halogens is 1. The molecule has 1 aromatic carbocycles. The largest absolute Gasteiger partial charge is 0.490 e. The number of para-hydroxylation sites is 1. The topological polar surface area (TPSA) is 53.0 Å². The highest BCUT2D eigenvalue weighted by Crippen LogP contribution is 2.38. The average Bonchev–Trinajstić information content (AvgIpc) is 3.08. The van der Waals surface area contributed by atoms with Crippen molar-refractivity contribution in [2.24, 2.45) is 16.1 Å². The molecule has 3 heterocycles. The molecular formula is C23H25ClN4O. The van der Waals surface area contributed by atoms with E-state index in [1.54, 1.807) is 0 Å². The van der Waals surface area contributed by atoms with Crippen molar-refractivity contribution in [1.29, 1.82) is 0 Å². The molecule has 0 saturated heterocycles. The van der Waals surface area contributed by atoms with Crippen LogP contribution in [0.3, 0.4) is 0 Å². The third-order valence-corrected chi connectivity index (χ3v) is 6.54. The van der Waals surface area contributed by atoms with E-state index in [9.17, 15) is 0 Å². The lowest BCUT2D eigenvalue weighted by Crippen LogP contribution is -2.28. The average molecular weight is 409 g/mol. The summed E-state index contributed by atoms with van der Waals surface area (Å²) in [4.78, 5) is 5.87. The lowest BCUT2D eigenvalue weighted by molar-refractivity contribution is 0.143. The first-order valence-electron chi connectivity index (χ1n) is 10.3. The number of azo groups is 1. The molecule has 150 valence electrons. The van der Waals surface area contributed by atoms with E-state index in [0.29, 0.717) is 12.5 Å². The second kappa shape index (κ2) is 7.71. The summed E-state index contributed by atoms with van der Waals surface area (Å²) in [5.41, 5.74) is 3.68. The number of rotatable bonds is 3. The van der Waals surface area contributed by atoms with Crippen LogP contribution in [0.1, 0.15) is 31.2 Å². The number of likely N-dealkylation sites (N-methyl/N-ethyl adjacent to an activating group) is 1. The van der Waals surface area contributed by atoms with E-state index in [0.717, 1.165) is 53.7 Å². The van der Waals surface area contributed by atoms with Crippen molar-refractivity contribution < 1.29 is 4.74 Å². The van der Waals surface area contributed by atoms with Crippen LogP contribution in [0.15, 0.2) is 51.7 Å². The maximum Gasteiger partial charge on any atom is 0.119 e. The molecule has 0 unspecified atom stereocenters. The summed E-state index contributed by atoms with van der Waals surface area (Å²) in [6.45, 7) is 1.41. The van der Waals surface area contributed by atoms with Gasteiger partial charge in [0.1, 0.15) is 5.75 Å². The molecule has 0 atom stereocenters. The first-order valence-corrected chi connectivity index (χ1v) is 10.7. The van der Waals surface area contributed by atoms with E-state index in [-0.39, 0.29) is 6.10 Å². The summed E-state index contributed by atoms with van der Waals surface area (Å²) in [5.74, 6) is 1.38.